The summed E-state index contributed by atoms with van der Waals surface area (Å²) in [5.74, 6) is 0.295. The summed E-state index contributed by atoms with van der Waals surface area (Å²) in [6.45, 7) is 7.20. The van der Waals surface area contributed by atoms with Crippen molar-refractivity contribution in [3.8, 4) is 0 Å². The highest BCUT2D eigenvalue weighted by Gasteiger charge is 2.36. The van der Waals surface area contributed by atoms with E-state index in [2.05, 4.69) is 48.0 Å². The molecule has 27 heavy (non-hydrogen) atoms. The van der Waals surface area contributed by atoms with Gasteiger partial charge in [-0.1, -0.05) is 60.7 Å². The molecule has 0 aromatic heterocycles. The Morgan fingerprint density at radius 3 is 1.74 bits per heavy atom. The van der Waals surface area contributed by atoms with Gasteiger partial charge in [-0.05, 0) is 25.1 Å². The Morgan fingerprint density at radius 1 is 0.852 bits per heavy atom. The van der Waals surface area contributed by atoms with Gasteiger partial charge in [0.1, 0.15) is 5.78 Å². The van der Waals surface area contributed by atoms with E-state index in [1.54, 1.807) is 0 Å². The van der Waals surface area contributed by atoms with Crippen molar-refractivity contribution in [2.75, 3.05) is 39.8 Å². The second-order valence-corrected chi connectivity index (χ2v) is 7.18. The topological polar surface area (TPSA) is 23.6 Å². The lowest BCUT2D eigenvalue weighted by Crippen LogP contribution is -2.46. The maximum atomic E-state index is 13.3. The van der Waals surface area contributed by atoms with Crippen LogP contribution in [-0.2, 0) is 10.2 Å². The molecule has 0 N–H and O–H groups in total. The molecule has 5 heteroatoms. The van der Waals surface area contributed by atoms with E-state index in [-0.39, 0.29) is 24.8 Å². The minimum absolute atomic E-state index is 0. The van der Waals surface area contributed by atoms with Gasteiger partial charge >= 0.3 is 0 Å². The third-order valence-electron chi connectivity index (χ3n) is 5.51. The van der Waals surface area contributed by atoms with E-state index in [1.165, 1.54) is 0 Å². The Morgan fingerprint density at radius 2 is 1.30 bits per heavy atom. The van der Waals surface area contributed by atoms with E-state index < -0.39 is 5.41 Å². The molecule has 1 heterocycles. The van der Waals surface area contributed by atoms with Gasteiger partial charge in [-0.2, -0.15) is 0 Å². The monoisotopic (exact) mass is 408 g/mol. The number of halogens is 2. The zero-order chi connectivity index (χ0) is 17.7. The standard InChI is InChI=1S/C22H28N2O.2ClH/c1-22(19-9-5-3-6-10-19,20-11-7-4-8-12-20)21(25)13-14-24-17-15-23(2)16-18-24;;/h3-12H,13-18H2,1-2H3;2*1H. The van der Waals surface area contributed by atoms with Gasteiger partial charge in [0.25, 0.3) is 0 Å². The van der Waals surface area contributed by atoms with Crippen molar-refractivity contribution in [3.05, 3.63) is 71.8 Å². The highest BCUT2D eigenvalue weighted by molar-refractivity contribution is 5.93. The number of benzene rings is 2. The first-order chi connectivity index (χ1) is 12.1. The predicted octanol–water partition coefficient (Wildman–Crippen LogP) is 4.04. The van der Waals surface area contributed by atoms with Crippen LogP contribution in [0.1, 0.15) is 24.5 Å². The second kappa shape index (κ2) is 10.8. The van der Waals surface area contributed by atoms with Crippen LogP contribution in [0.5, 0.6) is 0 Å². The largest absolute Gasteiger partial charge is 0.304 e. The normalized spacial score (nSPS) is 15.5. The van der Waals surface area contributed by atoms with Crippen LogP contribution in [0.25, 0.3) is 0 Å². The van der Waals surface area contributed by atoms with E-state index in [0.717, 1.165) is 43.9 Å². The van der Waals surface area contributed by atoms with Gasteiger partial charge in [0, 0.05) is 39.1 Å². The molecule has 0 bridgehead atoms. The van der Waals surface area contributed by atoms with Crippen molar-refractivity contribution in [2.45, 2.75) is 18.8 Å². The van der Waals surface area contributed by atoms with Gasteiger partial charge in [-0.3, -0.25) is 4.79 Å². The molecule has 1 aliphatic rings. The molecule has 0 saturated carbocycles. The highest BCUT2D eigenvalue weighted by atomic mass is 35.5. The molecule has 1 fully saturated rings. The quantitative estimate of drug-likeness (QED) is 0.720. The van der Waals surface area contributed by atoms with Crippen LogP contribution >= 0.6 is 24.8 Å². The molecule has 1 aliphatic heterocycles. The van der Waals surface area contributed by atoms with E-state index in [1.807, 2.05) is 36.4 Å². The lowest BCUT2D eigenvalue weighted by Gasteiger charge is -2.34. The minimum atomic E-state index is -0.588. The number of hydrogen-bond donors (Lipinski definition) is 0. The first kappa shape index (κ1) is 23.6. The molecule has 2 aromatic rings. The summed E-state index contributed by atoms with van der Waals surface area (Å²) in [7, 11) is 2.16. The van der Waals surface area contributed by atoms with Gasteiger partial charge in [-0.25, -0.2) is 0 Å². The maximum absolute atomic E-state index is 13.3. The number of carbonyl (C=O) groups excluding carboxylic acids is 1. The fourth-order valence-electron chi connectivity index (χ4n) is 3.61. The lowest BCUT2D eigenvalue weighted by molar-refractivity contribution is -0.123. The van der Waals surface area contributed by atoms with Crippen LogP contribution in [-0.4, -0.2) is 55.4 Å². The van der Waals surface area contributed by atoms with Gasteiger partial charge in [0.15, 0.2) is 0 Å². The highest BCUT2D eigenvalue weighted by Crippen LogP contribution is 2.34. The molecule has 2 aromatic carbocycles. The second-order valence-electron chi connectivity index (χ2n) is 7.18. The number of carbonyl (C=O) groups is 1. The fraction of sp³-hybridized carbons (Fsp3) is 0.409. The Balaban J connectivity index is 0.00000182. The first-order valence-corrected chi connectivity index (χ1v) is 9.16. The van der Waals surface area contributed by atoms with Crippen LogP contribution in [0, 0.1) is 0 Å². The Hall–Kier alpha value is -1.39. The zero-order valence-corrected chi connectivity index (χ0v) is 17.8. The van der Waals surface area contributed by atoms with Gasteiger partial charge in [0.05, 0.1) is 5.41 Å². The average Bonchev–Trinajstić information content (AvgIpc) is 2.68. The van der Waals surface area contributed by atoms with E-state index in [4.69, 9.17) is 0 Å². The molecule has 0 aliphatic carbocycles. The third kappa shape index (κ3) is 5.55. The number of rotatable bonds is 6. The van der Waals surface area contributed by atoms with Crippen molar-refractivity contribution in [1.82, 2.24) is 9.80 Å². The molecule has 1 saturated heterocycles. The number of piperazine rings is 1. The van der Waals surface area contributed by atoms with Gasteiger partial charge in [0.2, 0.25) is 0 Å². The molecule has 0 spiro atoms. The van der Waals surface area contributed by atoms with Crippen LogP contribution in [0.3, 0.4) is 0 Å². The van der Waals surface area contributed by atoms with Gasteiger partial charge in [-0.15, -0.1) is 24.8 Å². The Bertz CT molecular complexity index is 646. The van der Waals surface area contributed by atoms with Crippen LogP contribution in [0.2, 0.25) is 0 Å². The van der Waals surface area contributed by atoms with Crippen molar-refractivity contribution in [3.63, 3.8) is 0 Å². The van der Waals surface area contributed by atoms with Crippen molar-refractivity contribution in [2.24, 2.45) is 0 Å². The smallest absolute Gasteiger partial charge is 0.148 e. The molecule has 3 rings (SSSR count). The van der Waals surface area contributed by atoms with Crippen molar-refractivity contribution in [1.29, 1.82) is 0 Å². The summed E-state index contributed by atoms with van der Waals surface area (Å²) in [5.41, 5.74) is 1.56. The molecule has 148 valence electrons. The molecule has 3 nitrogen and oxygen atoms in total. The summed E-state index contributed by atoms with van der Waals surface area (Å²) in [4.78, 5) is 18.1. The van der Waals surface area contributed by atoms with Crippen LogP contribution in [0.15, 0.2) is 60.7 Å². The van der Waals surface area contributed by atoms with Gasteiger partial charge < -0.3 is 9.80 Å². The van der Waals surface area contributed by atoms with Crippen molar-refractivity contribution < 1.29 is 4.79 Å². The Kier molecular flexibility index (Phi) is 9.48. The number of Topliss-reactive ketones (excluding diaryl/α,β-unsaturated/α-hetero) is 1. The van der Waals surface area contributed by atoms with Crippen LogP contribution < -0.4 is 0 Å². The summed E-state index contributed by atoms with van der Waals surface area (Å²) in [6.07, 6.45) is 0.587. The Labute approximate surface area is 175 Å². The zero-order valence-electron chi connectivity index (χ0n) is 16.1. The number of ketones is 1. The number of likely N-dealkylation sites (N-methyl/N-ethyl adjacent to an activating group) is 1. The fourth-order valence-corrected chi connectivity index (χ4v) is 3.61. The number of hydrogen-bond acceptors (Lipinski definition) is 3. The average molecular weight is 409 g/mol. The molecular formula is C22H30Cl2N2O. The molecular weight excluding hydrogens is 379 g/mol. The van der Waals surface area contributed by atoms with Crippen LogP contribution in [0.4, 0.5) is 0 Å². The summed E-state index contributed by atoms with van der Waals surface area (Å²) in [6, 6.07) is 20.4. The molecule has 0 amide bonds. The van der Waals surface area contributed by atoms with E-state index >= 15 is 0 Å². The third-order valence-corrected chi connectivity index (χ3v) is 5.51. The van der Waals surface area contributed by atoms with E-state index in [0.29, 0.717) is 12.2 Å². The number of nitrogens with zero attached hydrogens (tertiary/aromatic N) is 2. The maximum Gasteiger partial charge on any atom is 0.148 e. The summed E-state index contributed by atoms with van der Waals surface area (Å²) >= 11 is 0. The molecule has 0 atom stereocenters. The first-order valence-electron chi connectivity index (χ1n) is 9.16. The minimum Gasteiger partial charge on any atom is -0.304 e. The summed E-state index contributed by atoms with van der Waals surface area (Å²) < 4.78 is 0. The van der Waals surface area contributed by atoms with E-state index in [9.17, 15) is 4.79 Å². The molecule has 0 unspecified atom stereocenters. The summed E-state index contributed by atoms with van der Waals surface area (Å²) in [5, 5.41) is 0. The predicted molar refractivity (Wildman–Crippen MR) is 117 cm³/mol. The molecule has 0 radical (unpaired) electrons. The lowest BCUT2D eigenvalue weighted by atomic mass is 9.72. The SMILES string of the molecule is CN1CCN(CCC(=O)C(C)(c2ccccc2)c2ccccc2)CC1.Cl.Cl. The van der Waals surface area contributed by atoms with Crippen molar-refractivity contribution >= 4 is 30.6 Å².